The Hall–Kier alpha value is -4.20. The lowest BCUT2D eigenvalue weighted by molar-refractivity contribution is -0.289. The van der Waals surface area contributed by atoms with Crippen LogP contribution in [0.15, 0.2) is 45.6 Å². The number of aliphatic hydroxyl groups is 5. The molecule has 2 saturated heterocycles. The molecule has 2 fully saturated rings. The van der Waals surface area contributed by atoms with Gasteiger partial charge in [-0.25, -0.2) is 9.59 Å². The summed E-state index contributed by atoms with van der Waals surface area (Å²) in [6, 6.07) is 7.91. The Balaban J connectivity index is 1.32. The third-order valence-electron chi connectivity index (χ3n) is 7.74. The number of methoxy groups -OCH3 is 3. The highest BCUT2D eigenvalue weighted by atomic mass is 16.7. The summed E-state index contributed by atoms with van der Waals surface area (Å²) in [6.45, 7) is -1.98. The number of carbonyl (C=O) groups excluding carboxylic acids is 1. The number of aromatic hydroxyl groups is 1. The Bertz CT molecular complexity index is 1620. The molecule has 17 nitrogen and oxygen atoms in total. The fourth-order valence-electron chi connectivity index (χ4n) is 5.07. The van der Waals surface area contributed by atoms with Crippen LogP contribution in [-0.4, -0.2) is 126 Å². The first-order valence-electron chi connectivity index (χ1n) is 14.1. The van der Waals surface area contributed by atoms with E-state index in [9.17, 15) is 40.2 Å². The van der Waals surface area contributed by atoms with Crippen molar-refractivity contribution in [3.05, 3.63) is 52.4 Å². The molecule has 6 N–H and O–H groups in total. The van der Waals surface area contributed by atoms with Gasteiger partial charge in [-0.3, -0.25) is 0 Å². The summed E-state index contributed by atoms with van der Waals surface area (Å²) in [7, 11) is 3.87. The van der Waals surface area contributed by atoms with Gasteiger partial charge in [-0.1, -0.05) is 0 Å². The highest BCUT2D eigenvalue weighted by Crippen LogP contribution is 2.39. The number of hydrogen-bond acceptors (Lipinski definition) is 17. The van der Waals surface area contributed by atoms with Crippen LogP contribution in [-0.2, 0) is 18.9 Å². The number of carbonyl (C=O) groups is 1. The number of esters is 1. The summed E-state index contributed by atoms with van der Waals surface area (Å²) >= 11 is 0. The van der Waals surface area contributed by atoms with Crippen LogP contribution in [0.1, 0.15) is 10.4 Å². The van der Waals surface area contributed by atoms with Gasteiger partial charge in [-0.15, -0.1) is 0 Å². The Morgan fingerprint density at radius 2 is 1.60 bits per heavy atom. The molecule has 0 amide bonds. The third kappa shape index (κ3) is 6.78. The largest absolute Gasteiger partial charge is 0.502 e. The zero-order chi connectivity index (χ0) is 34.0. The maximum atomic E-state index is 13.1. The zero-order valence-corrected chi connectivity index (χ0v) is 25.3. The molecular weight excluding hydrogens is 632 g/mol. The number of hydrogen-bond donors (Lipinski definition) is 6. The van der Waals surface area contributed by atoms with Crippen molar-refractivity contribution in [2.45, 2.75) is 48.7 Å². The van der Waals surface area contributed by atoms with Crippen molar-refractivity contribution in [3.8, 4) is 28.7 Å². The van der Waals surface area contributed by atoms with E-state index in [1.54, 1.807) is 0 Å². The number of phenolic OH excluding ortho intramolecular Hbond substituents is 1. The summed E-state index contributed by atoms with van der Waals surface area (Å²) in [5, 5.41) is 63.4. The molecule has 2 aromatic carbocycles. The SMILES string of the molecule is COc1cc2ccc(=O)oc2cc1O[C@@H]1O[C@H](CO[C@@H]2OC[C@](O)(CO)[C@H]2OC(=O)c2cc(OC)c(O)c(OC)c2)[C@@H](O)[C@H](O)[C@H]1O. The predicted octanol–water partition coefficient (Wildman–Crippen LogP) is -0.967. The second-order valence-electron chi connectivity index (χ2n) is 10.8. The van der Waals surface area contributed by atoms with Gasteiger partial charge in [0, 0.05) is 17.5 Å². The van der Waals surface area contributed by atoms with Gasteiger partial charge >= 0.3 is 11.6 Å². The van der Waals surface area contributed by atoms with Crippen LogP contribution in [0.25, 0.3) is 11.0 Å². The molecule has 3 aromatic rings. The van der Waals surface area contributed by atoms with Crippen molar-refractivity contribution in [3.63, 3.8) is 0 Å². The molecule has 0 bridgehead atoms. The van der Waals surface area contributed by atoms with E-state index in [-0.39, 0.29) is 39.9 Å². The molecule has 3 heterocycles. The predicted molar refractivity (Wildman–Crippen MR) is 154 cm³/mol. The van der Waals surface area contributed by atoms with E-state index in [0.717, 1.165) is 0 Å². The van der Waals surface area contributed by atoms with Crippen molar-refractivity contribution in [2.75, 3.05) is 41.2 Å². The highest BCUT2D eigenvalue weighted by Gasteiger charge is 2.53. The summed E-state index contributed by atoms with van der Waals surface area (Å²) in [5.74, 6) is -1.45. The molecule has 256 valence electrons. The summed E-state index contributed by atoms with van der Waals surface area (Å²) < 4.78 is 48.8. The Labute approximate surface area is 265 Å². The van der Waals surface area contributed by atoms with Crippen LogP contribution < -0.4 is 24.6 Å². The van der Waals surface area contributed by atoms with E-state index in [0.29, 0.717) is 5.39 Å². The minimum atomic E-state index is -2.11. The van der Waals surface area contributed by atoms with E-state index in [2.05, 4.69) is 0 Å². The Morgan fingerprint density at radius 1 is 0.915 bits per heavy atom. The maximum absolute atomic E-state index is 13.1. The van der Waals surface area contributed by atoms with Gasteiger partial charge in [0.1, 0.15) is 30.0 Å². The highest BCUT2D eigenvalue weighted by molar-refractivity contribution is 5.91. The first-order valence-corrected chi connectivity index (χ1v) is 14.1. The zero-order valence-electron chi connectivity index (χ0n) is 25.3. The summed E-state index contributed by atoms with van der Waals surface area (Å²) in [5.41, 5.74) is -2.74. The number of benzene rings is 2. The molecule has 0 spiro atoms. The lowest BCUT2D eigenvalue weighted by Crippen LogP contribution is -2.60. The van der Waals surface area contributed by atoms with Crippen molar-refractivity contribution in [1.29, 1.82) is 0 Å². The molecule has 2 aliphatic rings. The smallest absolute Gasteiger partial charge is 0.338 e. The number of rotatable bonds is 11. The minimum Gasteiger partial charge on any atom is -0.502 e. The molecule has 0 aliphatic carbocycles. The molecule has 0 saturated carbocycles. The lowest BCUT2D eigenvalue weighted by Gasteiger charge is -2.40. The molecular formula is C30H34O17. The first-order chi connectivity index (χ1) is 22.4. The molecule has 17 heteroatoms. The first kappa shape index (κ1) is 34.1. The van der Waals surface area contributed by atoms with E-state index < -0.39 is 80.1 Å². The van der Waals surface area contributed by atoms with E-state index in [1.807, 2.05) is 0 Å². The van der Waals surface area contributed by atoms with Gasteiger partial charge in [-0.2, -0.15) is 0 Å². The normalized spacial score (nSPS) is 29.0. The van der Waals surface area contributed by atoms with Crippen molar-refractivity contribution < 1.29 is 77.7 Å². The fourth-order valence-corrected chi connectivity index (χ4v) is 5.07. The fraction of sp³-hybridized carbons (Fsp3) is 0.467. The Kier molecular flexibility index (Phi) is 10.1. The monoisotopic (exact) mass is 666 g/mol. The van der Waals surface area contributed by atoms with Gasteiger partial charge < -0.3 is 73.0 Å². The van der Waals surface area contributed by atoms with Crippen LogP contribution in [0, 0.1) is 0 Å². The van der Waals surface area contributed by atoms with Gasteiger partial charge in [-0.05, 0) is 24.3 Å². The molecule has 8 atom stereocenters. The quantitative estimate of drug-likeness (QED) is 0.107. The summed E-state index contributed by atoms with van der Waals surface area (Å²) in [4.78, 5) is 24.8. The third-order valence-corrected chi connectivity index (χ3v) is 7.74. The number of fused-ring (bicyclic) bond motifs is 1. The van der Waals surface area contributed by atoms with Crippen LogP contribution in [0.2, 0.25) is 0 Å². The van der Waals surface area contributed by atoms with Crippen molar-refractivity contribution in [2.24, 2.45) is 0 Å². The number of aliphatic hydroxyl groups excluding tert-OH is 4. The van der Waals surface area contributed by atoms with Crippen LogP contribution in [0.4, 0.5) is 0 Å². The average molecular weight is 667 g/mol. The molecule has 47 heavy (non-hydrogen) atoms. The second-order valence-corrected chi connectivity index (χ2v) is 10.8. The van der Waals surface area contributed by atoms with Crippen molar-refractivity contribution >= 4 is 16.9 Å². The standard InChI is InChI=1S/C30H34O17/c1-39-16-6-13-4-5-21(32)44-15(13)9-17(16)45-28-25(36)24(35)23(34)20(46-28)10-42-29-26(30(38,11-31)12-43-29)47-27(37)14-7-18(40-2)22(33)19(8-14)41-3/h4-9,20,23-26,28-29,31,33-36,38H,10-12H2,1-3H3/t20-,23-,24+,25-,26+,28-,29-,30-/m1/s1. The van der Waals surface area contributed by atoms with Gasteiger partial charge in [0.25, 0.3) is 0 Å². The number of phenols is 1. The van der Waals surface area contributed by atoms with Gasteiger partial charge in [0.05, 0.1) is 46.7 Å². The van der Waals surface area contributed by atoms with Crippen LogP contribution in [0.5, 0.6) is 28.7 Å². The number of ether oxygens (including phenoxy) is 8. The van der Waals surface area contributed by atoms with Gasteiger partial charge in [0.2, 0.25) is 12.0 Å². The van der Waals surface area contributed by atoms with Crippen molar-refractivity contribution in [1.82, 2.24) is 0 Å². The molecule has 2 aliphatic heterocycles. The summed E-state index contributed by atoms with van der Waals surface area (Å²) in [6.07, 6.45) is -11.4. The molecule has 5 rings (SSSR count). The van der Waals surface area contributed by atoms with E-state index in [4.69, 9.17) is 42.3 Å². The van der Waals surface area contributed by atoms with E-state index in [1.165, 1.54) is 57.7 Å². The van der Waals surface area contributed by atoms with Crippen LogP contribution >= 0.6 is 0 Å². The van der Waals surface area contributed by atoms with Gasteiger partial charge in [0.15, 0.2) is 41.0 Å². The molecule has 1 aromatic heterocycles. The molecule has 0 unspecified atom stereocenters. The molecule has 0 radical (unpaired) electrons. The van der Waals surface area contributed by atoms with E-state index >= 15 is 0 Å². The minimum absolute atomic E-state index is 0.0248. The second kappa shape index (κ2) is 13.9. The topological polar surface area (TPSA) is 242 Å². The maximum Gasteiger partial charge on any atom is 0.338 e. The Morgan fingerprint density at radius 3 is 2.23 bits per heavy atom. The average Bonchev–Trinajstić information content (AvgIpc) is 3.38. The lowest BCUT2D eigenvalue weighted by atomic mass is 9.99. The van der Waals surface area contributed by atoms with Crippen LogP contribution in [0.3, 0.4) is 0 Å².